The summed E-state index contributed by atoms with van der Waals surface area (Å²) in [7, 11) is 0. The Labute approximate surface area is 180 Å². The van der Waals surface area contributed by atoms with Crippen LogP contribution in [0.3, 0.4) is 0 Å². The molecule has 0 aliphatic carbocycles. The van der Waals surface area contributed by atoms with Crippen molar-refractivity contribution in [3.63, 3.8) is 0 Å². The Kier molecular flexibility index (Phi) is 6.42. The van der Waals surface area contributed by atoms with E-state index >= 15 is 0 Å². The molecule has 1 aliphatic heterocycles. The minimum absolute atomic E-state index is 0.493. The van der Waals surface area contributed by atoms with Crippen LogP contribution >= 0.6 is 11.6 Å². The summed E-state index contributed by atoms with van der Waals surface area (Å²) in [6.07, 6.45) is 4.19. The zero-order valence-corrected chi connectivity index (χ0v) is 17.6. The van der Waals surface area contributed by atoms with Crippen molar-refractivity contribution in [1.82, 2.24) is 15.0 Å². The molecular weight excluding hydrogens is 402 g/mol. The highest BCUT2D eigenvalue weighted by atomic mass is 35.5. The molecule has 2 N–H and O–H groups in total. The van der Waals surface area contributed by atoms with Gasteiger partial charge in [0.1, 0.15) is 17.3 Å². The second-order valence-corrected chi connectivity index (χ2v) is 7.53. The lowest BCUT2D eigenvalue weighted by Crippen LogP contribution is -2.36. The van der Waals surface area contributed by atoms with Crippen molar-refractivity contribution < 1.29 is 9.47 Å². The molecule has 0 amide bonds. The van der Waals surface area contributed by atoms with Crippen LogP contribution in [0.25, 0.3) is 11.4 Å². The average molecular weight is 426 g/mol. The topological polar surface area (TPSA) is 86.4 Å². The zero-order valence-electron chi connectivity index (χ0n) is 16.8. The standard InChI is InChI=1S/C22H24ClN5O2/c1-15-10-18(12-21(27-15)28-6-8-29-9-7-28)30-20-11-17(23)14-26-22(20)19-3-2-16(4-5-24)13-25-19/h2-3,10-14H,4-9,24H2,1H3. The molecule has 0 radical (unpaired) electrons. The number of hydrogen-bond donors (Lipinski definition) is 1. The maximum atomic E-state index is 6.23. The zero-order chi connectivity index (χ0) is 20.9. The molecule has 0 atom stereocenters. The second kappa shape index (κ2) is 9.38. The first-order valence-corrected chi connectivity index (χ1v) is 10.3. The number of aromatic nitrogens is 3. The van der Waals surface area contributed by atoms with Gasteiger partial charge in [-0.05, 0) is 31.5 Å². The van der Waals surface area contributed by atoms with Gasteiger partial charge in [-0.1, -0.05) is 17.7 Å². The fraction of sp³-hybridized carbons (Fsp3) is 0.318. The highest BCUT2D eigenvalue weighted by molar-refractivity contribution is 6.30. The Hall–Kier alpha value is -2.74. The molecule has 8 heteroatoms. The van der Waals surface area contributed by atoms with Crippen LogP contribution in [0.2, 0.25) is 5.02 Å². The number of morpholine rings is 1. The summed E-state index contributed by atoms with van der Waals surface area (Å²) in [4.78, 5) is 15.8. The average Bonchev–Trinajstić information content (AvgIpc) is 2.75. The summed E-state index contributed by atoms with van der Waals surface area (Å²) in [6.45, 7) is 5.53. The Bertz CT molecular complexity index is 1010. The highest BCUT2D eigenvalue weighted by Gasteiger charge is 2.16. The number of nitrogens with two attached hydrogens (primary N) is 1. The van der Waals surface area contributed by atoms with Gasteiger partial charge in [0.2, 0.25) is 0 Å². The summed E-state index contributed by atoms with van der Waals surface area (Å²) in [5, 5.41) is 0.493. The summed E-state index contributed by atoms with van der Waals surface area (Å²) in [6, 6.07) is 9.50. The third-order valence-corrected chi connectivity index (χ3v) is 5.00. The molecule has 0 spiro atoms. The SMILES string of the molecule is Cc1cc(Oc2cc(Cl)cnc2-c2ccc(CCN)cn2)cc(N2CCOCC2)n1. The molecule has 0 bridgehead atoms. The van der Waals surface area contributed by atoms with Gasteiger partial charge in [0.25, 0.3) is 0 Å². The van der Waals surface area contributed by atoms with Crippen LogP contribution in [-0.4, -0.2) is 47.8 Å². The Balaban J connectivity index is 1.64. The molecule has 1 fully saturated rings. The molecule has 4 rings (SSSR count). The smallest absolute Gasteiger partial charge is 0.156 e. The molecule has 156 valence electrons. The number of anilines is 1. The minimum Gasteiger partial charge on any atom is -0.455 e. The highest BCUT2D eigenvalue weighted by Crippen LogP contribution is 2.34. The van der Waals surface area contributed by atoms with Crippen molar-refractivity contribution >= 4 is 17.4 Å². The van der Waals surface area contributed by atoms with E-state index in [1.54, 1.807) is 12.3 Å². The molecule has 1 saturated heterocycles. The lowest BCUT2D eigenvalue weighted by molar-refractivity contribution is 0.122. The van der Waals surface area contributed by atoms with Gasteiger partial charge >= 0.3 is 0 Å². The second-order valence-electron chi connectivity index (χ2n) is 7.09. The van der Waals surface area contributed by atoms with E-state index in [2.05, 4.69) is 19.9 Å². The lowest BCUT2D eigenvalue weighted by Gasteiger charge is -2.28. The van der Waals surface area contributed by atoms with E-state index in [1.807, 2.05) is 37.4 Å². The van der Waals surface area contributed by atoms with Crippen molar-refractivity contribution in [3.8, 4) is 22.9 Å². The van der Waals surface area contributed by atoms with Crippen molar-refractivity contribution in [2.24, 2.45) is 5.73 Å². The number of rotatable bonds is 6. The minimum atomic E-state index is 0.493. The Morgan fingerprint density at radius 1 is 1.13 bits per heavy atom. The van der Waals surface area contributed by atoms with E-state index in [-0.39, 0.29) is 0 Å². The Morgan fingerprint density at radius 3 is 2.70 bits per heavy atom. The van der Waals surface area contributed by atoms with Crippen molar-refractivity contribution in [2.45, 2.75) is 13.3 Å². The lowest BCUT2D eigenvalue weighted by atomic mass is 10.1. The number of halogens is 1. The summed E-state index contributed by atoms with van der Waals surface area (Å²) >= 11 is 6.21. The molecule has 1 aliphatic rings. The summed E-state index contributed by atoms with van der Waals surface area (Å²) < 4.78 is 11.7. The first-order chi connectivity index (χ1) is 14.6. The molecule has 30 heavy (non-hydrogen) atoms. The van der Waals surface area contributed by atoms with E-state index in [0.717, 1.165) is 36.6 Å². The number of hydrogen-bond acceptors (Lipinski definition) is 7. The van der Waals surface area contributed by atoms with Gasteiger partial charge < -0.3 is 20.1 Å². The molecule has 0 saturated carbocycles. The quantitative estimate of drug-likeness (QED) is 0.645. The van der Waals surface area contributed by atoms with Gasteiger partial charge in [-0.25, -0.2) is 9.97 Å². The van der Waals surface area contributed by atoms with Crippen LogP contribution in [0, 0.1) is 6.92 Å². The third kappa shape index (κ3) is 4.87. The number of aryl methyl sites for hydroxylation is 1. The normalized spacial score (nSPS) is 14.0. The number of nitrogens with zero attached hydrogens (tertiary/aromatic N) is 4. The molecule has 3 aromatic heterocycles. The van der Waals surface area contributed by atoms with Crippen LogP contribution in [0.1, 0.15) is 11.3 Å². The van der Waals surface area contributed by atoms with Crippen molar-refractivity contribution in [3.05, 3.63) is 59.0 Å². The van der Waals surface area contributed by atoms with Crippen LogP contribution < -0.4 is 15.4 Å². The van der Waals surface area contributed by atoms with Crippen molar-refractivity contribution in [2.75, 3.05) is 37.7 Å². The fourth-order valence-electron chi connectivity index (χ4n) is 3.33. The third-order valence-electron chi connectivity index (χ3n) is 4.80. The van der Waals surface area contributed by atoms with Crippen LogP contribution in [0.5, 0.6) is 11.5 Å². The molecule has 0 aromatic carbocycles. The maximum Gasteiger partial charge on any atom is 0.156 e. The van der Waals surface area contributed by atoms with Gasteiger partial charge in [-0.3, -0.25) is 4.98 Å². The van der Waals surface area contributed by atoms with Crippen LogP contribution in [0.15, 0.2) is 42.7 Å². The van der Waals surface area contributed by atoms with Crippen LogP contribution in [0.4, 0.5) is 5.82 Å². The van der Waals surface area contributed by atoms with E-state index < -0.39 is 0 Å². The van der Waals surface area contributed by atoms with Crippen molar-refractivity contribution in [1.29, 1.82) is 0 Å². The molecule has 3 aromatic rings. The molecular formula is C22H24ClN5O2. The first kappa shape index (κ1) is 20.5. The van der Waals surface area contributed by atoms with Crippen LogP contribution in [-0.2, 0) is 11.2 Å². The van der Waals surface area contributed by atoms with E-state index in [0.29, 0.717) is 47.7 Å². The summed E-state index contributed by atoms with van der Waals surface area (Å²) in [5.41, 5.74) is 8.91. The van der Waals surface area contributed by atoms with E-state index in [9.17, 15) is 0 Å². The van der Waals surface area contributed by atoms with Gasteiger partial charge in [0, 0.05) is 49.4 Å². The molecule has 7 nitrogen and oxygen atoms in total. The largest absolute Gasteiger partial charge is 0.455 e. The molecule has 0 unspecified atom stereocenters. The number of pyridine rings is 3. The monoisotopic (exact) mass is 425 g/mol. The first-order valence-electron chi connectivity index (χ1n) is 9.92. The summed E-state index contributed by atoms with van der Waals surface area (Å²) in [5.74, 6) is 2.09. The molecule has 4 heterocycles. The fourth-order valence-corrected chi connectivity index (χ4v) is 3.48. The number of ether oxygens (including phenoxy) is 2. The predicted octanol–water partition coefficient (Wildman–Crippen LogP) is 3.63. The van der Waals surface area contributed by atoms with E-state index in [1.165, 1.54) is 0 Å². The van der Waals surface area contributed by atoms with E-state index in [4.69, 9.17) is 26.8 Å². The Morgan fingerprint density at radius 2 is 1.97 bits per heavy atom. The van der Waals surface area contributed by atoms with Gasteiger partial charge in [-0.15, -0.1) is 0 Å². The predicted molar refractivity (Wildman–Crippen MR) is 117 cm³/mol. The van der Waals surface area contributed by atoms with Gasteiger partial charge in [0.05, 0.1) is 23.9 Å². The maximum absolute atomic E-state index is 6.23. The van der Waals surface area contributed by atoms with Gasteiger partial charge in [-0.2, -0.15) is 0 Å². The van der Waals surface area contributed by atoms with Gasteiger partial charge in [0.15, 0.2) is 5.75 Å².